The topological polar surface area (TPSA) is 34.6 Å². The lowest BCUT2D eigenvalue weighted by atomic mass is 9.98. The summed E-state index contributed by atoms with van der Waals surface area (Å²) < 4.78 is 13.6. The Morgan fingerprint density at radius 3 is 1.60 bits per heavy atom. The lowest BCUT2D eigenvalue weighted by Crippen LogP contribution is -2.41. The molecule has 1 aliphatic heterocycles. The normalized spacial score (nSPS) is 16.9. The van der Waals surface area contributed by atoms with E-state index < -0.39 is 5.79 Å². The molecule has 1 saturated heterocycles. The number of allylic oxidation sites excluding steroid dienone is 8. The molecule has 4 heteroatoms. The smallest absolute Gasteiger partial charge is 0.168 e. The minimum absolute atomic E-state index is 0.107. The molecular weight excluding hydrogens is 637 g/mol. The van der Waals surface area contributed by atoms with Gasteiger partial charge in [0, 0.05) is 37.8 Å². The van der Waals surface area contributed by atoms with Gasteiger partial charge in [-0.05, 0) is 103 Å². The Hall–Kier alpha value is -2.01. The summed E-state index contributed by atoms with van der Waals surface area (Å²) in [7, 11) is 2.20. The highest BCUT2D eigenvalue weighted by Crippen LogP contribution is 2.36. The third-order valence-electron chi connectivity index (χ3n) is 10.8. The SMILES string of the molecule is CCCCC/C=C\C/C=C\CCCCCCCCC1(CCCCCCCC/C=C\C/C=C\CCCCC)OCC(C(C)N(C)Cc2cccnc2)O1. The minimum atomic E-state index is -0.404. The van der Waals surface area contributed by atoms with E-state index in [4.69, 9.17) is 9.47 Å². The first kappa shape index (κ1) is 46.1. The highest BCUT2D eigenvalue weighted by molar-refractivity contribution is 5.08. The molecule has 0 spiro atoms. The van der Waals surface area contributed by atoms with Crippen molar-refractivity contribution >= 4 is 0 Å². The van der Waals surface area contributed by atoms with Crippen molar-refractivity contribution in [1.29, 1.82) is 0 Å². The summed E-state index contributed by atoms with van der Waals surface area (Å²) in [5.74, 6) is -0.404. The van der Waals surface area contributed by atoms with Crippen molar-refractivity contribution in [3.63, 3.8) is 0 Å². The Morgan fingerprint density at radius 2 is 1.13 bits per heavy atom. The van der Waals surface area contributed by atoms with Gasteiger partial charge in [-0.15, -0.1) is 0 Å². The molecule has 52 heavy (non-hydrogen) atoms. The van der Waals surface area contributed by atoms with Gasteiger partial charge in [0.25, 0.3) is 0 Å². The molecule has 1 aromatic rings. The van der Waals surface area contributed by atoms with E-state index in [0.717, 1.165) is 32.2 Å². The molecule has 0 aromatic carbocycles. The van der Waals surface area contributed by atoms with Crippen molar-refractivity contribution in [1.82, 2.24) is 9.88 Å². The Morgan fingerprint density at radius 1 is 0.673 bits per heavy atom. The summed E-state index contributed by atoms with van der Waals surface area (Å²) in [4.78, 5) is 6.70. The van der Waals surface area contributed by atoms with E-state index >= 15 is 0 Å². The van der Waals surface area contributed by atoms with Crippen LogP contribution < -0.4 is 0 Å². The van der Waals surface area contributed by atoms with E-state index in [1.165, 1.54) is 147 Å². The fourth-order valence-corrected chi connectivity index (χ4v) is 7.18. The average molecular weight is 719 g/mol. The van der Waals surface area contributed by atoms with Crippen LogP contribution in [0.4, 0.5) is 0 Å². The van der Waals surface area contributed by atoms with Crippen LogP contribution in [-0.4, -0.2) is 41.5 Å². The quantitative estimate of drug-likeness (QED) is 0.0525. The summed E-state index contributed by atoms with van der Waals surface area (Å²) in [5.41, 5.74) is 1.24. The van der Waals surface area contributed by atoms with Crippen molar-refractivity contribution in [2.24, 2.45) is 0 Å². The van der Waals surface area contributed by atoms with Gasteiger partial charge in [-0.25, -0.2) is 0 Å². The van der Waals surface area contributed by atoms with E-state index in [1.54, 1.807) is 0 Å². The van der Waals surface area contributed by atoms with Crippen molar-refractivity contribution in [2.45, 2.75) is 212 Å². The van der Waals surface area contributed by atoms with Crippen LogP contribution in [0.25, 0.3) is 0 Å². The van der Waals surface area contributed by atoms with Crippen LogP contribution in [0.15, 0.2) is 73.1 Å². The van der Waals surface area contributed by atoms with Crippen molar-refractivity contribution in [3.8, 4) is 0 Å². The number of nitrogens with zero attached hydrogens (tertiary/aromatic N) is 2. The molecule has 1 fully saturated rings. The standard InChI is InChI=1S/C48H82N2O2/c1-5-7-9-11-13-15-17-19-21-23-25-27-29-31-33-35-39-48(51-44-47(52-48)45(3)50(4)43-46-38-37-41-49-42-46)40-36-34-32-30-28-26-24-22-20-18-16-14-12-10-8-6-2/h13-16,19-22,37-38,41-42,45,47H,5-12,17-18,23-36,39-40,43-44H2,1-4H3/b15-13-,16-14-,21-19-,22-20-. The first-order valence-electron chi connectivity index (χ1n) is 22.1. The second-order valence-corrected chi connectivity index (χ2v) is 15.6. The van der Waals surface area contributed by atoms with Crippen LogP contribution in [0.1, 0.15) is 193 Å². The third-order valence-corrected chi connectivity index (χ3v) is 10.8. The van der Waals surface area contributed by atoms with Gasteiger partial charge in [-0.1, -0.05) is 146 Å². The number of hydrogen-bond acceptors (Lipinski definition) is 4. The Labute approximate surface area is 323 Å². The number of ether oxygens (including phenoxy) is 2. The number of hydrogen-bond donors (Lipinski definition) is 0. The summed E-state index contributed by atoms with van der Waals surface area (Å²) in [6, 6.07) is 4.46. The summed E-state index contributed by atoms with van der Waals surface area (Å²) in [6.07, 6.45) is 55.4. The average Bonchev–Trinajstić information content (AvgIpc) is 3.58. The molecule has 296 valence electrons. The molecule has 0 aliphatic carbocycles. The van der Waals surface area contributed by atoms with E-state index in [9.17, 15) is 0 Å². The molecule has 1 aliphatic rings. The number of aromatic nitrogens is 1. The summed E-state index contributed by atoms with van der Waals surface area (Å²) in [6.45, 7) is 8.40. The molecule has 0 radical (unpaired) electrons. The van der Waals surface area contributed by atoms with Gasteiger partial charge in [0.1, 0.15) is 0 Å². The monoisotopic (exact) mass is 719 g/mol. The van der Waals surface area contributed by atoms with Crippen LogP contribution in [-0.2, 0) is 16.0 Å². The lowest BCUT2D eigenvalue weighted by Gasteiger charge is -2.32. The molecule has 0 bridgehead atoms. The molecule has 2 unspecified atom stereocenters. The van der Waals surface area contributed by atoms with Gasteiger partial charge in [0.2, 0.25) is 0 Å². The van der Waals surface area contributed by atoms with E-state index in [0.29, 0.717) is 6.61 Å². The predicted molar refractivity (Wildman–Crippen MR) is 227 cm³/mol. The van der Waals surface area contributed by atoms with E-state index in [-0.39, 0.29) is 12.1 Å². The predicted octanol–water partition coefficient (Wildman–Crippen LogP) is 14.4. The highest BCUT2D eigenvalue weighted by Gasteiger charge is 2.43. The first-order valence-corrected chi connectivity index (χ1v) is 22.1. The van der Waals surface area contributed by atoms with Crippen molar-refractivity contribution < 1.29 is 9.47 Å². The maximum absolute atomic E-state index is 6.91. The fraction of sp³-hybridized carbons (Fsp3) is 0.729. The molecular formula is C48H82N2O2. The van der Waals surface area contributed by atoms with Crippen LogP contribution in [0.5, 0.6) is 0 Å². The number of unbranched alkanes of at least 4 members (excludes halogenated alkanes) is 18. The molecule has 0 N–H and O–H groups in total. The van der Waals surface area contributed by atoms with Crippen molar-refractivity contribution in [2.75, 3.05) is 13.7 Å². The molecule has 1 aromatic heterocycles. The van der Waals surface area contributed by atoms with Crippen LogP contribution in [0.3, 0.4) is 0 Å². The Bertz CT molecular complexity index is 1000. The largest absolute Gasteiger partial charge is 0.347 e. The zero-order valence-electron chi connectivity index (χ0n) is 34.6. The molecule has 0 amide bonds. The van der Waals surface area contributed by atoms with Gasteiger partial charge in [-0.2, -0.15) is 0 Å². The lowest BCUT2D eigenvalue weighted by molar-refractivity contribution is -0.184. The minimum Gasteiger partial charge on any atom is -0.347 e. The van der Waals surface area contributed by atoms with Gasteiger partial charge < -0.3 is 9.47 Å². The van der Waals surface area contributed by atoms with Gasteiger partial charge >= 0.3 is 0 Å². The second kappa shape index (κ2) is 32.4. The van der Waals surface area contributed by atoms with Crippen LogP contribution in [0.2, 0.25) is 0 Å². The van der Waals surface area contributed by atoms with Gasteiger partial charge in [-0.3, -0.25) is 9.88 Å². The number of rotatable bonds is 34. The van der Waals surface area contributed by atoms with Crippen molar-refractivity contribution in [3.05, 3.63) is 78.7 Å². The van der Waals surface area contributed by atoms with E-state index in [2.05, 4.69) is 92.4 Å². The summed E-state index contributed by atoms with van der Waals surface area (Å²) >= 11 is 0. The Kier molecular flexibility index (Phi) is 28.8. The number of pyridine rings is 1. The first-order chi connectivity index (χ1) is 25.6. The molecule has 4 nitrogen and oxygen atoms in total. The summed E-state index contributed by atoms with van der Waals surface area (Å²) in [5, 5.41) is 0. The van der Waals surface area contributed by atoms with Crippen LogP contribution in [0, 0.1) is 0 Å². The molecule has 0 saturated carbocycles. The molecule has 2 atom stereocenters. The number of likely N-dealkylation sites (N-methyl/N-ethyl adjacent to an activating group) is 1. The van der Waals surface area contributed by atoms with Gasteiger partial charge in [0.05, 0.1) is 12.7 Å². The molecule has 2 heterocycles. The van der Waals surface area contributed by atoms with E-state index in [1.807, 2.05) is 18.5 Å². The highest BCUT2D eigenvalue weighted by atomic mass is 16.7. The zero-order valence-corrected chi connectivity index (χ0v) is 34.6. The maximum Gasteiger partial charge on any atom is 0.168 e. The zero-order chi connectivity index (χ0) is 37.2. The maximum atomic E-state index is 6.91. The fourth-order valence-electron chi connectivity index (χ4n) is 7.18. The van der Waals surface area contributed by atoms with Gasteiger partial charge in [0.15, 0.2) is 5.79 Å². The third kappa shape index (κ3) is 23.6. The molecule has 2 rings (SSSR count). The van der Waals surface area contributed by atoms with Crippen LogP contribution >= 0.6 is 0 Å². The Balaban J connectivity index is 1.66. The second-order valence-electron chi connectivity index (χ2n) is 15.6.